The average molecular weight is 369 g/mol. The van der Waals surface area contributed by atoms with Crippen molar-refractivity contribution >= 4 is 16.7 Å². The van der Waals surface area contributed by atoms with Crippen LogP contribution in [0.5, 0.6) is 0 Å². The van der Waals surface area contributed by atoms with Crippen molar-refractivity contribution in [2.45, 2.75) is 32.2 Å². The number of hydrogen-bond donors (Lipinski definition) is 1. The predicted molar refractivity (Wildman–Crippen MR) is 112 cm³/mol. The minimum absolute atomic E-state index is 0.298. The van der Waals surface area contributed by atoms with Gasteiger partial charge in [0.05, 0.1) is 23.4 Å². The fourth-order valence-corrected chi connectivity index (χ4v) is 4.18. The Balaban J connectivity index is 1.50. The Hall–Kier alpha value is -3.21. The van der Waals surface area contributed by atoms with E-state index in [0.29, 0.717) is 6.04 Å². The number of anilines is 1. The molecule has 140 valence electrons. The third kappa shape index (κ3) is 3.03. The van der Waals surface area contributed by atoms with Crippen LogP contribution in [0.3, 0.4) is 0 Å². The minimum atomic E-state index is 0.298. The molecule has 28 heavy (non-hydrogen) atoms. The van der Waals surface area contributed by atoms with E-state index in [0.717, 1.165) is 46.6 Å². The van der Waals surface area contributed by atoms with Gasteiger partial charge in [0.2, 0.25) is 0 Å². The molecule has 2 aromatic carbocycles. The SMILES string of the molecule is Cc1nc(N[C@@H]2CCCc3ccccc32)cc(-c2ccc3cnn(C)c3c2)n1. The Morgan fingerprint density at radius 3 is 2.89 bits per heavy atom. The number of nitrogens with zero attached hydrogens (tertiary/aromatic N) is 4. The van der Waals surface area contributed by atoms with Crippen LogP contribution in [0.4, 0.5) is 5.82 Å². The van der Waals surface area contributed by atoms with Crippen molar-refractivity contribution in [3.8, 4) is 11.3 Å². The Morgan fingerprint density at radius 1 is 1.07 bits per heavy atom. The molecule has 2 aromatic heterocycles. The van der Waals surface area contributed by atoms with Gasteiger partial charge >= 0.3 is 0 Å². The van der Waals surface area contributed by atoms with Gasteiger partial charge in [-0.15, -0.1) is 0 Å². The summed E-state index contributed by atoms with van der Waals surface area (Å²) in [5.74, 6) is 1.66. The molecular weight excluding hydrogens is 346 g/mol. The molecule has 0 saturated heterocycles. The molecule has 0 fully saturated rings. The first-order valence-corrected chi connectivity index (χ1v) is 9.79. The lowest BCUT2D eigenvalue weighted by molar-refractivity contribution is 0.598. The van der Waals surface area contributed by atoms with E-state index in [1.54, 1.807) is 0 Å². The third-order valence-electron chi connectivity index (χ3n) is 5.57. The quantitative estimate of drug-likeness (QED) is 0.562. The van der Waals surface area contributed by atoms with E-state index in [4.69, 9.17) is 0 Å². The molecule has 0 unspecified atom stereocenters. The maximum Gasteiger partial charge on any atom is 0.130 e. The maximum absolute atomic E-state index is 4.68. The van der Waals surface area contributed by atoms with Crippen LogP contribution in [0.2, 0.25) is 0 Å². The molecule has 0 bridgehead atoms. The van der Waals surface area contributed by atoms with E-state index in [9.17, 15) is 0 Å². The van der Waals surface area contributed by atoms with Crippen LogP contribution in [0.1, 0.15) is 35.8 Å². The van der Waals surface area contributed by atoms with Crippen molar-refractivity contribution in [2.75, 3.05) is 5.32 Å². The molecule has 1 atom stereocenters. The molecule has 0 amide bonds. The van der Waals surface area contributed by atoms with Crippen LogP contribution in [0, 0.1) is 6.92 Å². The smallest absolute Gasteiger partial charge is 0.130 e. The zero-order valence-corrected chi connectivity index (χ0v) is 16.2. The van der Waals surface area contributed by atoms with Crippen molar-refractivity contribution in [3.63, 3.8) is 0 Å². The van der Waals surface area contributed by atoms with Crippen molar-refractivity contribution in [1.29, 1.82) is 0 Å². The highest BCUT2D eigenvalue weighted by molar-refractivity contribution is 5.84. The summed E-state index contributed by atoms with van der Waals surface area (Å²) in [4.78, 5) is 9.34. The standard InChI is InChI=1S/C23H23N5/c1-15-25-21(17-10-11-18-14-24-28(2)22(18)12-17)13-23(26-15)27-20-9-5-7-16-6-3-4-8-19(16)20/h3-4,6,8,10-14,20H,5,7,9H2,1-2H3,(H,25,26,27)/t20-/m1/s1. The Morgan fingerprint density at radius 2 is 1.96 bits per heavy atom. The van der Waals surface area contributed by atoms with Crippen LogP contribution in [0.15, 0.2) is 54.7 Å². The van der Waals surface area contributed by atoms with Crippen LogP contribution in [0.25, 0.3) is 22.2 Å². The summed E-state index contributed by atoms with van der Waals surface area (Å²) >= 11 is 0. The van der Waals surface area contributed by atoms with Crippen LogP contribution < -0.4 is 5.32 Å². The molecule has 5 rings (SSSR count). The molecule has 5 nitrogen and oxygen atoms in total. The molecule has 0 radical (unpaired) electrons. The molecule has 1 aliphatic carbocycles. The first kappa shape index (κ1) is 16.9. The van der Waals surface area contributed by atoms with Crippen molar-refractivity contribution < 1.29 is 0 Å². The van der Waals surface area contributed by atoms with E-state index >= 15 is 0 Å². The summed E-state index contributed by atoms with van der Waals surface area (Å²) in [5, 5.41) is 9.13. The number of benzene rings is 2. The number of rotatable bonds is 3. The van der Waals surface area contributed by atoms with Gasteiger partial charge in [-0.3, -0.25) is 4.68 Å². The molecular formula is C23H23N5. The fourth-order valence-electron chi connectivity index (χ4n) is 4.18. The Labute approximate surface area is 164 Å². The molecule has 5 heteroatoms. The highest BCUT2D eigenvalue weighted by Gasteiger charge is 2.20. The molecule has 1 aliphatic rings. The maximum atomic E-state index is 4.68. The lowest BCUT2D eigenvalue weighted by atomic mass is 9.88. The first-order chi connectivity index (χ1) is 13.7. The van der Waals surface area contributed by atoms with Crippen LogP contribution in [-0.2, 0) is 13.5 Å². The van der Waals surface area contributed by atoms with Crippen LogP contribution in [-0.4, -0.2) is 19.7 Å². The monoisotopic (exact) mass is 369 g/mol. The van der Waals surface area contributed by atoms with Gasteiger partial charge in [0.25, 0.3) is 0 Å². The summed E-state index contributed by atoms with van der Waals surface area (Å²) in [6, 6.07) is 17.4. The average Bonchev–Trinajstić information content (AvgIpc) is 3.08. The van der Waals surface area contributed by atoms with Gasteiger partial charge in [-0.25, -0.2) is 9.97 Å². The third-order valence-corrected chi connectivity index (χ3v) is 5.57. The summed E-state index contributed by atoms with van der Waals surface area (Å²) < 4.78 is 1.89. The van der Waals surface area contributed by atoms with Gasteiger partial charge < -0.3 is 5.32 Å². The molecule has 1 N–H and O–H groups in total. The van der Waals surface area contributed by atoms with Gasteiger partial charge in [0.15, 0.2) is 0 Å². The van der Waals surface area contributed by atoms with E-state index in [2.05, 4.69) is 68.9 Å². The van der Waals surface area contributed by atoms with Gasteiger partial charge in [0, 0.05) is 24.1 Å². The topological polar surface area (TPSA) is 55.6 Å². The zero-order valence-electron chi connectivity index (χ0n) is 16.2. The number of aryl methyl sites for hydroxylation is 3. The summed E-state index contributed by atoms with van der Waals surface area (Å²) in [7, 11) is 1.96. The Kier molecular flexibility index (Phi) is 4.08. The van der Waals surface area contributed by atoms with Crippen LogP contribution >= 0.6 is 0 Å². The normalized spacial score (nSPS) is 16.1. The van der Waals surface area contributed by atoms with Gasteiger partial charge in [-0.05, 0) is 43.4 Å². The lowest BCUT2D eigenvalue weighted by Crippen LogP contribution is -2.18. The minimum Gasteiger partial charge on any atom is -0.363 e. The van der Waals surface area contributed by atoms with Gasteiger partial charge in [-0.1, -0.05) is 36.4 Å². The fraction of sp³-hybridized carbons (Fsp3) is 0.261. The first-order valence-electron chi connectivity index (χ1n) is 9.79. The molecule has 0 saturated carbocycles. The highest BCUT2D eigenvalue weighted by atomic mass is 15.2. The van der Waals surface area contributed by atoms with E-state index in [1.165, 1.54) is 17.5 Å². The number of hydrogen-bond acceptors (Lipinski definition) is 4. The van der Waals surface area contributed by atoms with Crippen molar-refractivity contribution in [1.82, 2.24) is 19.7 Å². The molecule has 0 spiro atoms. The summed E-state index contributed by atoms with van der Waals surface area (Å²) in [5.41, 5.74) is 5.95. The van der Waals surface area contributed by atoms with E-state index in [1.807, 2.05) is 24.9 Å². The predicted octanol–water partition coefficient (Wildman–Crippen LogP) is 4.83. The van der Waals surface area contributed by atoms with Gasteiger partial charge in [-0.2, -0.15) is 5.10 Å². The number of nitrogens with one attached hydrogen (secondary N) is 1. The second-order valence-corrected chi connectivity index (χ2v) is 7.52. The molecule has 4 aromatic rings. The second-order valence-electron chi connectivity index (χ2n) is 7.52. The van der Waals surface area contributed by atoms with E-state index in [-0.39, 0.29) is 0 Å². The van der Waals surface area contributed by atoms with Gasteiger partial charge in [0.1, 0.15) is 11.6 Å². The summed E-state index contributed by atoms with van der Waals surface area (Å²) in [6.45, 7) is 1.95. The Bertz CT molecular complexity index is 1160. The zero-order chi connectivity index (χ0) is 19.1. The van der Waals surface area contributed by atoms with Crippen molar-refractivity contribution in [3.05, 3.63) is 71.7 Å². The lowest BCUT2D eigenvalue weighted by Gasteiger charge is -2.27. The largest absolute Gasteiger partial charge is 0.363 e. The number of aromatic nitrogens is 4. The summed E-state index contributed by atoms with van der Waals surface area (Å²) in [6.07, 6.45) is 5.37. The molecule has 0 aliphatic heterocycles. The second kappa shape index (κ2) is 6.75. The molecule has 2 heterocycles. The number of fused-ring (bicyclic) bond motifs is 2. The van der Waals surface area contributed by atoms with Crippen molar-refractivity contribution in [2.24, 2.45) is 7.05 Å². The highest BCUT2D eigenvalue weighted by Crippen LogP contribution is 2.33. The van der Waals surface area contributed by atoms with E-state index < -0.39 is 0 Å².